The Balaban J connectivity index is 1.80. The number of aryl methyl sites for hydroxylation is 4. The van der Waals surface area contributed by atoms with Crippen molar-refractivity contribution in [3.63, 3.8) is 0 Å². The van der Waals surface area contributed by atoms with Crippen molar-refractivity contribution < 1.29 is 0 Å². The van der Waals surface area contributed by atoms with Crippen LogP contribution in [0.25, 0.3) is 0 Å². The number of nitrogens with zero attached hydrogens (tertiary/aromatic N) is 4. The molecule has 1 fully saturated rings. The van der Waals surface area contributed by atoms with Crippen LogP contribution in [0.1, 0.15) is 42.5 Å². The quantitative estimate of drug-likeness (QED) is 0.497. The van der Waals surface area contributed by atoms with Crippen LogP contribution < -0.4 is 0 Å². The molecule has 4 nitrogen and oxygen atoms in total. The number of para-hydroxylation sites is 2. The molecule has 4 heteroatoms. The zero-order chi connectivity index (χ0) is 20.3. The fourth-order valence-electron chi connectivity index (χ4n) is 3.51. The maximum Gasteiger partial charge on any atom is 0.210 e. The SMILES string of the molecule is CC(=Nc1c(C)cccc1C)N1[C]N(C(C)=Nc2c(C)cccc2C)CCC1. The largest absolute Gasteiger partial charge is 0.330 e. The monoisotopic (exact) mass is 374 g/mol. The van der Waals surface area contributed by atoms with Crippen molar-refractivity contribution in [2.24, 2.45) is 9.98 Å². The van der Waals surface area contributed by atoms with Crippen LogP contribution >= 0.6 is 0 Å². The lowest BCUT2D eigenvalue weighted by Crippen LogP contribution is -2.44. The van der Waals surface area contributed by atoms with Crippen molar-refractivity contribution >= 4 is 23.0 Å². The number of hydrogen-bond acceptors (Lipinski definition) is 2. The van der Waals surface area contributed by atoms with Gasteiger partial charge >= 0.3 is 0 Å². The second kappa shape index (κ2) is 8.59. The van der Waals surface area contributed by atoms with Gasteiger partial charge in [0.25, 0.3) is 0 Å². The van der Waals surface area contributed by atoms with E-state index in [4.69, 9.17) is 9.98 Å². The van der Waals surface area contributed by atoms with Crippen LogP contribution in [0.2, 0.25) is 0 Å². The van der Waals surface area contributed by atoms with Crippen molar-refractivity contribution in [2.45, 2.75) is 48.0 Å². The first-order valence-corrected chi connectivity index (χ1v) is 9.91. The predicted octanol–water partition coefficient (Wildman–Crippen LogP) is 5.72. The van der Waals surface area contributed by atoms with Gasteiger partial charge in [-0.3, -0.25) is 0 Å². The number of hydrogen-bond donors (Lipinski definition) is 0. The van der Waals surface area contributed by atoms with Gasteiger partial charge < -0.3 is 9.80 Å². The number of benzene rings is 2. The van der Waals surface area contributed by atoms with Crippen LogP contribution in [0.15, 0.2) is 46.4 Å². The van der Waals surface area contributed by atoms with E-state index in [1.165, 1.54) is 22.3 Å². The molecule has 2 aromatic carbocycles. The first-order chi connectivity index (χ1) is 13.4. The van der Waals surface area contributed by atoms with E-state index < -0.39 is 0 Å². The van der Waals surface area contributed by atoms with Gasteiger partial charge in [-0.1, -0.05) is 36.4 Å². The van der Waals surface area contributed by atoms with Gasteiger partial charge in [-0.2, -0.15) is 0 Å². The summed E-state index contributed by atoms with van der Waals surface area (Å²) in [5, 5.41) is 0. The summed E-state index contributed by atoms with van der Waals surface area (Å²) in [6, 6.07) is 12.6. The molecule has 1 aliphatic heterocycles. The number of amidine groups is 2. The molecule has 2 radical (unpaired) electrons. The molecular formula is C24H30N4. The Hall–Kier alpha value is -2.62. The Kier molecular flexibility index (Phi) is 6.18. The Morgan fingerprint density at radius 2 is 1.07 bits per heavy atom. The molecule has 0 aromatic heterocycles. The molecule has 0 amide bonds. The Morgan fingerprint density at radius 1 is 0.714 bits per heavy atom. The van der Waals surface area contributed by atoms with Crippen molar-refractivity contribution in [3.05, 3.63) is 65.3 Å². The molecule has 28 heavy (non-hydrogen) atoms. The topological polar surface area (TPSA) is 31.2 Å². The van der Waals surface area contributed by atoms with Gasteiger partial charge in [0.15, 0.2) is 0 Å². The maximum absolute atomic E-state index is 4.90. The summed E-state index contributed by atoms with van der Waals surface area (Å²) in [4.78, 5) is 14.0. The first-order valence-electron chi connectivity index (χ1n) is 9.91. The third kappa shape index (κ3) is 4.44. The summed E-state index contributed by atoms with van der Waals surface area (Å²) in [5.41, 5.74) is 6.89. The Morgan fingerprint density at radius 3 is 1.43 bits per heavy atom. The smallest absolute Gasteiger partial charge is 0.210 e. The zero-order valence-corrected chi connectivity index (χ0v) is 17.9. The van der Waals surface area contributed by atoms with E-state index >= 15 is 0 Å². The van der Waals surface area contributed by atoms with Gasteiger partial charge in [-0.15, -0.1) is 0 Å². The third-order valence-electron chi connectivity index (χ3n) is 5.21. The Bertz CT molecular complexity index is 797. The molecule has 0 N–H and O–H groups in total. The first kappa shape index (κ1) is 20.1. The average molecular weight is 375 g/mol. The van der Waals surface area contributed by atoms with Crippen LogP contribution in [0.5, 0.6) is 0 Å². The normalized spacial score (nSPS) is 15.9. The predicted molar refractivity (Wildman–Crippen MR) is 119 cm³/mol. The van der Waals surface area contributed by atoms with E-state index in [0.29, 0.717) is 0 Å². The minimum atomic E-state index is 0.924. The molecule has 0 atom stereocenters. The fraction of sp³-hybridized carbons (Fsp3) is 0.375. The lowest BCUT2D eigenvalue weighted by Gasteiger charge is -2.35. The molecule has 0 saturated carbocycles. The fourth-order valence-corrected chi connectivity index (χ4v) is 3.51. The summed E-state index contributed by atoms with van der Waals surface area (Å²) in [7, 11) is 0. The molecule has 0 bridgehead atoms. The lowest BCUT2D eigenvalue weighted by atomic mass is 10.1. The average Bonchev–Trinajstić information content (AvgIpc) is 2.67. The molecule has 146 valence electrons. The van der Waals surface area contributed by atoms with Gasteiger partial charge in [-0.25, -0.2) is 9.98 Å². The van der Waals surface area contributed by atoms with Gasteiger partial charge in [0.2, 0.25) is 6.67 Å². The summed E-state index contributed by atoms with van der Waals surface area (Å²) >= 11 is 0. The van der Waals surface area contributed by atoms with Crippen molar-refractivity contribution in [3.8, 4) is 0 Å². The molecule has 0 unspecified atom stereocenters. The van der Waals surface area contributed by atoms with E-state index in [9.17, 15) is 0 Å². The molecular weight excluding hydrogens is 344 g/mol. The molecule has 0 spiro atoms. The van der Waals surface area contributed by atoms with Gasteiger partial charge in [0, 0.05) is 13.1 Å². The van der Waals surface area contributed by atoms with Crippen molar-refractivity contribution in [1.82, 2.24) is 9.80 Å². The zero-order valence-electron chi connectivity index (χ0n) is 17.9. The van der Waals surface area contributed by atoms with E-state index in [2.05, 4.69) is 94.4 Å². The molecule has 0 aliphatic carbocycles. The van der Waals surface area contributed by atoms with Gasteiger partial charge in [-0.05, 0) is 70.2 Å². The minimum Gasteiger partial charge on any atom is -0.330 e. The highest BCUT2D eigenvalue weighted by molar-refractivity contribution is 5.87. The third-order valence-corrected chi connectivity index (χ3v) is 5.21. The van der Waals surface area contributed by atoms with Crippen LogP contribution in [-0.4, -0.2) is 34.6 Å². The maximum atomic E-state index is 4.90. The summed E-state index contributed by atoms with van der Waals surface area (Å²) in [6.07, 6.45) is 1.05. The lowest BCUT2D eigenvalue weighted by molar-refractivity contribution is 0.281. The van der Waals surface area contributed by atoms with E-state index in [1.54, 1.807) is 0 Å². The molecule has 3 rings (SSSR count). The van der Waals surface area contributed by atoms with Crippen LogP contribution in [0.3, 0.4) is 0 Å². The summed E-state index contributed by atoms with van der Waals surface area (Å²) in [5.74, 6) is 1.92. The number of rotatable bonds is 2. The van der Waals surface area contributed by atoms with Gasteiger partial charge in [0.1, 0.15) is 11.7 Å². The van der Waals surface area contributed by atoms with Crippen LogP contribution in [-0.2, 0) is 0 Å². The molecule has 1 aliphatic rings. The van der Waals surface area contributed by atoms with E-state index in [0.717, 1.165) is 42.6 Å². The van der Waals surface area contributed by atoms with E-state index in [1.807, 2.05) is 0 Å². The number of aliphatic imine (C=N–C) groups is 2. The molecule has 1 saturated heterocycles. The highest BCUT2D eigenvalue weighted by Crippen LogP contribution is 2.26. The van der Waals surface area contributed by atoms with Crippen molar-refractivity contribution in [1.29, 1.82) is 0 Å². The standard InChI is InChI=1S/C24H30N4/c1-17-10-7-11-18(2)23(17)25-21(5)27-14-9-15-28(16-27)22(6)26-24-19(3)12-8-13-20(24)4/h7-8,10-13H,9,14-15H2,1-6H3. The van der Waals surface area contributed by atoms with Crippen molar-refractivity contribution in [2.75, 3.05) is 13.1 Å². The highest BCUT2D eigenvalue weighted by atomic mass is 15.4. The minimum absolute atomic E-state index is 0.924. The molecule has 1 heterocycles. The second-order valence-corrected chi connectivity index (χ2v) is 7.56. The van der Waals surface area contributed by atoms with E-state index in [-0.39, 0.29) is 0 Å². The van der Waals surface area contributed by atoms with Gasteiger partial charge in [0.05, 0.1) is 11.4 Å². The Labute approximate surface area is 169 Å². The van der Waals surface area contributed by atoms with Crippen LogP contribution in [0, 0.1) is 34.4 Å². The second-order valence-electron chi connectivity index (χ2n) is 7.56. The van der Waals surface area contributed by atoms with Crippen LogP contribution in [0.4, 0.5) is 11.4 Å². The summed E-state index contributed by atoms with van der Waals surface area (Å²) in [6.45, 7) is 17.9. The molecule has 2 aromatic rings. The highest BCUT2D eigenvalue weighted by Gasteiger charge is 2.22. The summed E-state index contributed by atoms with van der Waals surface area (Å²) < 4.78 is 0.